The number of aromatic nitrogens is 4. The number of nitrogens with zero attached hydrogens (tertiary/aromatic N) is 4. The van der Waals surface area contributed by atoms with E-state index < -0.39 is 0 Å². The van der Waals surface area contributed by atoms with E-state index in [1.807, 2.05) is 5.38 Å². The minimum absolute atomic E-state index is 1.25. The molecule has 1 fully saturated rings. The molecule has 3 heterocycles. The fraction of sp³-hybridized carbons (Fsp3) is 0.500. The van der Waals surface area contributed by atoms with E-state index in [0.717, 1.165) is 0 Å². The largest absolute Gasteiger partial charge is 0.346 e. The molecule has 1 N–H and O–H groups in total. The summed E-state index contributed by atoms with van der Waals surface area (Å²) >= 11 is 1.35. The van der Waals surface area contributed by atoms with Crippen LogP contribution in [0.25, 0.3) is 0 Å². The van der Waals surface area contributed by atoms with E-state index in [9.17, 15) is 0 Å². The fourth-order valence-corrected chi connectivity index (χ4v) is 1.17. The van der Waals surface area contributed by atoms with Crippen molar-refractivity contribution in [2.75, 3.05) is 13.1 Å². The SMILES string of the molecule is C1CCNC1.c1conn1.c1csnn1. The number of nitrogens with one attached hydrogen (secondary N) is 1. The lowest BCUT2D eigenvalue weighted by atomic mass is 10.4. The standard InChI is InChI=1S/C4H9N.C2H2N2O.C2H2N2S/c1-2-4-5-3-1;2*1-2-5-4-3-1/h5H,1-4H2;2*1-2H. The van der Waals surface area contributed by atoms with Crippen molar-refractivity contribution in [2.45, 2.75) is 12.8 Å². The van der Waals surface area contributed by atoms with Gasteiger partial charge < -0.3 is 9.84 Å². The van der Waals surface area contributed by atoms with Crippen LogP contribution >= 0.6 is 11.5 Å². The van der Waals surface area contributed by atoms with Crippen molar-refractivity contribution < 1.29 is 4.52 Å². The normalized spacial score (nSPS) is 13.3. The molecule has 82 valence electrons. The Kier molecular flexibility index (Phi) is 7.22. The van der Waals surface area contributed by atoms with Crippen molar-refractivity contribution in [3.8, 4) is 0 Å². The summed E-state index contributed by atoms with van der Waals surface area (Å²) in [6.45, 7) is 2.50. The smallest absolute Gasteiger partial charge is 0.144 e. The molecule has 0 aromatic carbocycles. The van der Waals surface area contributed by atoms with E-state index >= 15 is 0 Å². The van der Waals surface area contributed by atoms with Crippen LogP contribution in [0.5, 0.6) is 0 Å². The molecule has 6 nitrogen and oxygen atoms in total. The molecule has 1 aliphatic heterocycles. The quantitative estimate of drug-likeness (QED) is 0.723. The predicted molar refractivity (Wildman–Crippen MR) is 56.3 cm³/mol. The van der Waals surface area contributed by atoms with Gasteiger partial charge >= 0.3 is 0 Å². The maximum Gasteiger partial charge on any atom is 0.144 e. The molecule has 0 spiro atoms. The Balaban J connectivity index is 0.000000112. The molecule has 2 aromatic rings. The topological polar surface area (TPSA) is 76.7 Å². The summed E-state index contributed by atoms with van der Waals surface area (Å²) in [6.07, 6.45) is 7.31. The first-order valence-corrected chi connectivity index (χ1v) is 5.46. The molecule has 0 atom stereocenters. The van der Waals surface area contributed by atoms with Gasteiger partial charge in [-0.3, -0.25) is 0 Å². The van der Waals surface area contributed by atoms with Gasteiger partial charge in [0.05, 0.1) is 12.4 Å². The molecule has 0 aliphatic carbocycles. The highest BCUT2D eigenvalue weighted by Gasteiger charge is 1.93. The van der Waals surface area contributed by atoms with E-state index in [1.54, 1.807) is 6.20 Å². The van der Waals surface area contributed by atoms with Crippen molar-refractivity contribution in [3.05, 3.63) is 24.0 Å². The average molecular weight is 227 g/mol. The van der Waals surface area contributed by atoms with Crippen LogP contribution in [0.3, 0.4) is 0 Å². The van der Waals surface area contributed by atoms with Gasteiger partial charge in [0.15, 0.2) is 0 Å². The minimum Gasteiger partial charge on any atom is -0.346 e. The summed E-state index contributed by atoms with van der Waals surface area (Å²) < 4.78 is 7.74. The second kappa shape index (κ2) is 9.22. The monoisotopic (exact) mass is 227 g/mol. The first kappa shape index (κ1) is 11.7. The summed E-state index contributed by atoms with van der Waals surface area (Å²) in [7, 11) is 0. The summed E-state index contributed by atoms with van der Waals surface area (Å²) in [5, 5.41) is 14.9. The van der Waals surface area contributed by atoms with Crippen LogP contribution in [0.1, 0.15) is 12.8 Å². The van der Waals surface area contributed by atoms with Crippen LogP contribution in [0, 0.1) is 0 Å². The van der Waals surface area contributed by atoms with Crippen molar-refractivity contribution in [1.82, 2.24) is 25.3 Å². The Morgan fingerprint density at radius 1 is 1.13 bits per heavy atom. The third-order valence-corrected chi connectivity index (χ3v) is 1.95. The van der Waals surface area contributed by atoms with Crippen molar-refractivity contribution in [3.63, 3.8) is 0 Å². The average Bonchev–Trinajstić information content (AvgIpc) is 3.09. The molecule has 0 saturated carbocycles. The molecular weight excluding hydrogens is 214 g/mol. The van der Waals surface area contributed by atoms with Crippen molar-refractivity contribution >= 4 is 11.5 Å². The molecule has 1 saturated heterocycles. The van der Waals surface area contributed by atoms with Crippen LogP contribution in [-0.2, 0) is 0 Å². The maximum atomic E-state index is 4.22. The highest BCUT2D eigenvalue weighted by Crippen LogP contribution is 1.90. The summed E-state index contributed by atoms with van der Waals surface area (Å²) in [5.41, 5.74) is 0. The fourth-order valence-electron chi connectivity index (χ4n) is 0.897. The Labute approximate surface area is 91.8 Å². The van der Waals surface area contributed by atoms with Gasteiger partial charge in [-0.05, 0) is 37.5 Å². The van der Waals surface area contributed by atoms with Gasteiger partial charge in [0.2, 0.25) is 0 Å². The first-order chi connectivity index (χ1) is 7.50. The Hall–Kier alpha value is -1.34. The van der Waals surface area contributed by atoms with Crippen LogP contribution in [0.2, 0.25) is 0 Å². The second-order valence-corrected chi connectivity index (χ2v) is 3.28. The Morgan fingerprint density at radius 3 is 2.20 bits per heavy atom. The van der Waals surface area contributed by atoms with Crippen molar-refractivity contribution in [2.24, 2.45) is 0 Å². The van der Waals surface area contributed by atoms with Gasteiger partial charge in [-0.15, -0.1) is 10.2 Å². The van der Waals surface area contributed by atoms with Gasteiger partial charge in [-0.25, -0.2) is 0 Å². The molecule has 15 heavy (non-hydrogen) atoms. The maximum absolute atomic E-state index is 4.22. The highest BCUT2D eigenvalue weighted by molar-refractivity contribution is 7.03. The van der Waals surface area contributed by atoms with Gasteiger partial charge in [-0.2, -0.15) is 0 Å². The lowest BCUT2D eigenvalue weighted by Gasteiger charge is -1.76. The highest BCUT2D eigenvalue weighted by atomic mass is 32.1. The molecule has 0 amide bonds. The molecule has 0 unspecified atom stereocenters. The van der Waals surface area contributed by atoms with Gasteiger partial charge in [0.1, 0.15) is 6.26 Å². The van der Waals surface area contributed by atoms with Crippen LogP contribution in [-0.4, -0.2) is 33.0 Å². The molecular formula is C8H13N5OS. The number of hydrogen-bond acceptors (Lipinski definition) is 7. The van der Waals surface area contributed by atoms with Gasteiger partial charge in [0.25, 0.3) is 0 Å². The zero-order valence-electron chi connectivity index (χ0n) is 8.24. The van der Waals surface area contributed by atoms with E-state index in [0.29, 0.717) is 0 Å². The second-order valence-electron chi connectivity index (χ2n) is 2.63. The number of rotatable bonds is 0. The summed E-state index contributed by atoms with van der Waals surface area (Å²) in [5.74, 6) is 0. The molecule has 1 aliphatic rings. The van der Waals surface area contributed by atoms with Crippen LogP contribution in [0.15, 0.2) is 28.6 Å². The van der Waals surface area contributed by atoms with E-state index in [2.05, 4.69) is 29.8 Å². The third kappa shape index (κ3) is 7.71. The molecule has 2 aromatic heterocycles. The first-order valence-electron chi connectivity index (χ1n) is 4.63. The zero-order chi connectivity index (χ0) is 10.6. The van der Waals surface area contributed by atoms with Gasteiger partial charge in [-0.1, -0.05) is 4.49 Å². The lowest BCUT2D eigenvalue weighted by Crippen LogP contribution is -2.03. The van der Waals surface area contributed by atoms with Crippen LogP contribution in [0.4, 0.5) is 0 Å². The van der Waals surface area contributed by atoms with Crippen molar-refractivity contribution in [1.29, 1.82) is 0 Å². The van der Waals surface area contributed by atoms with E-state index in [4.69, 9.17) is 0 Å². The van der Waals surface area contributed by atoms with E-state index in [-0.39, 0.29) is 0 Å². The summed E-state index contributed by atoms with van der Waals surface area (Å²) in [4.78, 5) is 0. The summed E-state index contributed by atoms with van der Waals surface area (Å²) in [6, 6.07) is 0. The lowest BCUT2D eigenvalue weighted by molar-refractivity contribution is 0.393. The molecule has 7 heteroatoms. The molecule has 0 bridgehead atoms. The molecule has 0 radical (unpaired) electrons. The number of hydrogen-bond donors (Lipinski definition) is 1. The zero-order valence-corrected chi connectivity index (χ0v) is 9.06. The minimum atomic E-state index is 1.25. The predicted octanol–water partition coefficient (Wildman–Crippen LogP) is 0.977. The molecule has 3 rings (SSSR count). The van der Waals surface area contributed by atoms with Gasteiger partial charge in [0, 0.05) is 10.7 Å². The van der Waals surface area contributed by atoms with Crippen LogP contribution < -0.4 is 5.32 Å². The Morgan fingerprint density at radius 2 is 2.00 bits per heavy atom. The Bertz CT molecular complexity index is 214. The third-order valence-electron chi connectivity index (χ3n) is 1.52. The van der Waals surface area contributed by atoms with E-state index in [1.165, 1.54) is 49.9 Å².